The van der Waals surface area contributed by atoms with Gasteiger partial charge in [-0.2, -0.15) is 42.7 Å². The van der Waals surface area contributed by atoms with Crippen LogP contribution in [0.2, 0.25) is 30.1 Å². The minimum Gasteiger partial charge on any atom is -0.857 e. The predicted octanol–water partition coefficient (Wildman–Crippen LogP) is 18.0. The summed E-state index contributed by atoms with van der Waals surface area (Å²) < 4.78 is 0. The van der Waals surface area contributed by atoms with Crippen LogP contribution in [0.15, 0.2) is 364 Å². The molecule has 0 aliphatic carbocycles. The second-order valence-electron chi connectivity index (χ2n) is 23.7. The van der Waals surface area contributed by atoms with Crippen molar-refractivity contribution in [2.24, 2.45) is 0 Å². The Hall–Kier alpha value is -9.48. The van der Waals surface area contributed by atoms with Crippen molar-refractivity contribution in [3.63, 3.8) is 0 Å². The van der Waals surface area contributed by atoms with E-state index in [1.165, 1.54) is 0 Å². The van der Waals surface area contributed by atoms with E-state index in [9.17, 15) is 0 Å². The molecule has 0 atom stereocenters. The summed E-state index contributed by atoms with van der Waals surface area (Å²) in [5.74, 6) is 0. The Morgan fingerprint density at radius 3 is 0.310 bits per heavy atom. The Kier molecular flexibility index (Phi) is 59.2. The van der Waals surface area contributed by atoms with Crippen molar-refractivity contribution in [3.8, 4) is 135 Å². The van der Waals surface area contributed by atoms with Crippen LogP contribution in [0.5, 0.6) is 0 Å². The molecule has 126 heavy (non-hydrogen) atoms. The first-order valence-electron chi connectivity index (χ1n) is 36.4. The third-order valence-corrected chi connectivity index (χ3v) is 18.7. The van der Waals surface area contributed by atoms with Crippen LogP contribution < -0.4 is 61.2 Å². The molecule has 30 heteroatoms. The van der Waals surface area contributed by atoms with Gasteiger partial charge in [0.1, 0.15) is 0 Å². The average Bonchev–Trinajstić information content (AvgIpc) is 1.72. The molecule has 0 amide bonds. The summed E-state index contributed by atoms with van der Waals surface area (Å²) in [6.45, 7) is 0. The minimum atomic E-state index is 0. The van der Waals surface area contributed by atoms with E-state index in [1.54, 1.807) is 0 Å². The maximum atomic E-state index is 8.25. The van der Waals surface area contributed by atoms with Crippen LogP contribution >= 0.6 is 69.6 Å². The maximum Gasteiger partial charge on any atom is 2.00 e. The van der Waals surface area contributed by atoms with Gasteiger partial charge in [-0.1, -0.05) is 468 Å². The standard InChI is InChI=1S/6C15H10ClN2.6CH3O.6Cu/c6*16-13-14(11-7-3-1-4-8-11)17-18-15(13)12-9-5-2-6-10-12;6*1-2;;;;;;/h6*1-10H;6*1H3;;;;;;/q12*-1;6*+2. The molecule has 0 saturated carbocycles. The van der Waals surface area contributed by atoms with Gasteiger partial charge in [0.05, 0.1) is 64.3 Å². The molecule has 18 aromatic rings. The van der Waals surface area contributed by atoms with Gasteiger partial charge in [-0.15, -0.1) is 0 Å². The molecular weight excluding hydrogens is 2010 g/mol. The normalized spacial score (nSPS) is 9.29. The first-order chi connectivity index (χ1) is 59.2. The monoisotopic (exact) mass is 2080 g/mol. The fourth-order valence-corrected chi connectivity index (χ4v) is 12.9. The summed E-state index contributed by atoms with van der Waals surface area (Å²) in [7, 11) is 4.50. The number of aromatic nitrogens is 12. The van der Waals surface area contributed by atoms with Gasteiger partial charge in [0, 0.05) is 0 Å². The third-order valence-electron chi connectivity index (χ3n) is 16.6. The number of benzene rings is 12. The molecule has 0 aliphatic heterocycles. The zero-order valence-electron chi connectivity index (χ0n) is 67.5. The van der Waals surface area contributed by atoms with Gasteiger partial charge in [0.15, 0.2) is 0 Å². The van der Waals surface area contributed by atoms with Crippen LogP contribution in [0.25, 0.3) is 135 Å². The van der Waals surface area contributed by atoms with E-state index >= 15 is 0 Å². The summed E-state index contributed by atoms with van der Waals surface area (Å²) in [5.41, 5.74) is 20.6. The fraction of sp³-hybridized carbons (Fsp3) is 0.0625. The van der Waals surface area contributed by atoms with Crippen molar-refractivity contribution in [1.29, 1.82) is 0 Å². The molecule has 666 valence electrons. The molecule has 0 spiro atoms. The van der Waals surface area contributed by atoms with Crippen LogP contribution in [0.3, 0.4) is 0 Å². The number of hydrogen-bond donors (Lipinski definition) is 0. The van der Waals surface area contributed by atoms with E-state index < -0.39 is 0 Å². The Bertz CT molecular complexity index is 4520. The first kappa shape index (κ1) is 115. The van der Waals surface area contributed by atoms with Crippen LogP contribution in [-0.4, -0.2) is 73.3 Å². The summed E-state index contributed by atoms with van der Waals surface area (Å²) in [5, 5.41) is 103. The Morgan fingerprint density at radius 2 is 0.222 bits per heavy atom. The Labute approximate surface area is 827 Å². The van der Waals surface area contributed by atoms with Crippen molar-refractivity contribution in [1.82, 2.24) is 61.2 Å². The fourth-order valence-electron chi connectivity index (χ4n) is 11.2. The van der Waals surface area contributed by atoms with E-state index in [-0.39, 0.29) is 102 Å². The molecular formula is C96H78Cl6Cu6N12O6. The minimum absolute atomic E-state index is 0. The topological polar surface area (TPSA) is 300 Å². The van der Waals surface area contributed by atoms with E-state index in [1.807, 2.05) is 364 Å². The van der Waals surface area contributed by atoms with Crippen LogP contribution in [0.1, 0.15) is 0 Å². The predicted molar refractivity (Wildman–Crippen MR) is 476 cm³/mol. The number of nitrogens with zero attached hydrogens (tertiary/aromatic N) is 12. The van der Waals surface area contributed by atoms with Crippen LogP contribution in [-0.2, 0) is 102 Å². The van der Waals surface area contributed by atoms with Gasteiger partial charge in [-0.25, -0.2) is 0 Å². The van der Waals surface area contributed by atoms with Crippen molar-refractivity contribution < 1.29 is 133 Å². The molecule has 0 unspecified atom stereocenters. The SMILES string of the molecule is C[O-].C[O-].C[O-].C[O-].C[O-].C[O-].Clc1c(-c2ccccc2)n[n-]c1-c1ccccc1.Clc1c(-c2ccccc2)n[n-]c1-c1ccccc1.Clc1c(-c2ccccc2)n[n-]c1-c1ccccc1.Clc1c(-c2ccccc2)n[n-]c1-c1ccccc1.Clc1c(-c2ccccc2)n[n-]c1-c1ccccc1.Clc1c(-c2ccccc2)n[n-]c1-c1ccccc1.[Cu+2].[Cu+2].[Cu+2].[Cu+2].[Cu+2].[Cu+2]. The second-order valence-corrected chi connectivity index (χ2v) is 25.9. The van der Waals surface area contributed by atoms with Crippen molar-refractivity contribution >= 4 is 69.6 Å². The summed E-state index contributed by atoms with van der Waals surface area (Å²) >= 11 is 38.2. The van der Waals surface area contributed by atoms with Gasteiger partial charge >= 0.3 is 102 Å². The molecule has 0 fully saturated rings. The van der Waals surface area contributed by atoms with Crippen LogP contribution in [0, 0.1) is 0 Å². The van der Waals surface area contributed by atoms with Gasteiger partial charge < -0.3 is 91.8 Å². The quantitative estimate of drug-likeness (QED) is 0.103. The van der Waals surface area contributed by atoms with Crippen molar-refractivity contribution in [2.45, 2.75) is 0 Å². The second kappa shape index (κ2) is 65.1. The van der Waals surface area contributed by atoms with E-state index in [0.717, 1.165) is 178 Å². The Balaban J connectivity index is 0.000000730. The smallest absolute Gasteiger partial charge is 0.857 e. The third kappa shape index (κ3) is 32.7. The number of hydrogen-bond acceptors (Lipinski definition) is 12. The summed E-state index contributed by atoms with van der Waals surface area (Å²) in [6.07, 6.45) is 0. The molecule has 0 saturated heterocycles. The molecule has 18 nitrogen and oxygen atoms in total. The average molecular weight is 2090 g/mol. The van der Waals surface area contributed by atoms with Gasteiger partial charge in [-0.3, -0.25) is 0 Å². The molecule has 0 bridgehead atoms. The van der Waals surface area contributed by atoms with Gasteiger partial charge in [-0.05, 0) is 66.8 Å². The largest absolute Gasteiger partial charge is 2.00 e. The number of halogens is 6. The van der Waals surface area contributed by atoms with Crippen molar-refractivity contribution in [2.75, 3.05) is 42.7 Å². The molecule has 18 rings (SSSR count). The summed E-state index contributed by atoms with van der Waals surface area (Å²) in [6, 6.07) is 118. The van der Waals surface area contributed by atoms with E-state index in [4.69, 9.17) is 100 Å². The zero-order chi connectivity index (χ0) is 86.2. The number of rotatable bonds is 12. The summed E-state index contributed by atoms with van der Waals surface area (Å²) in [4.78, 5) is 0. The van der Waals surface area contributed by atoms with Gasteiger partial charge in [0.2, 0.25) is 0 Å². The maximum absolute atomic E-state index is 8.25. The molecule has 6 radical (unpaired) electrons. The van der Waals surface area contributed by atoms with E-state index in [2.05, 4.69) is 61.2 Å². The first-order valence-corrected chi connectivity index (χ1v) is 38.7. The molecule has 0 N–H and O–H groups in total. The van der Waals surface area contributed by atoms with Gasteiger partial charge in [0.25, 0.3) is 0 Å². The molecule has 0 aliphatic rings. The van der Waals surface area contributed by atoms with Crippen LogP contribution in [0.4, 0.5) is 0 Å². The van der Waals surface area contributed by atoms with E-state index in [0.29, 0.717) is 30.1 Å². The molecule has 12 aromatic carbocycles. The molecule has 6 heterocycles. The molecule has 6 aromatic heterocycles. The van der Waals surface area contributed by atoms with Crippen molar-refractivity contribution in [3.05, 3.63) is 394 Å². The zero-order valence-corrected chi connectivity index (χ0v) is 77.7. The Morgan fingerprint density at radius 1 is 0.143 bits per heavy atom.